The topological polar surface area (TPSA) is 22.9 Å². The van der Waals surface area contributed by atoms with E-state index in [2.05, 4.69) is 29.8 Å². The van der Waals surface area contributed by atoms with Gasteiger partial charge >= 0.3 is 0 Å². The monoisotopic (exact) mass is 328 g/mol. The maximum atomic E-state index is 5.79. The zero-order valence-electron chi connectivity index (χ0n) is 11.7. The number of hydrogen-bond donors (Lipinski definition) is 1. The van der Waals surface area contributed by atoms with Crippen molar-refractivity contribution in [2.24, 2.45) is 0 Å². The third-order valence-electron chi connectivity index (χ3n) is 3.39. The first-order chi connectivity index (χ1) is 9.15. The van der Waals surface area contributed by atoms with Crippen molar-refractivity contribution in [2.45, 2.75) is 32.5 Å². The Hall–Kier alpha value is -0.580. The first-order valence-electron chi connectivity index (χ1n) is 7.01. The van der Waals surface area contributed by atoms with Gasteiger partial charge in [0, 0.05) is 6.42 Å². The second kappa shape index (κ2) is 7.27. The van der Waals surface area contributed by atoms with Crippen molar-refractivity contribution in [3.8, 4) is 5.75 Å². The standard InChI is InChI=1S/C15H22BrNO2/c1-12-10-17(11-13(2)19-12)8-5-9-18-15-7-4-3-6-14(15)16/h3-4,6-7,12-13H,5,8-11H2,1-2H3/p+1/t12-,13-/m0/s1. The molecule has 0 amide bonds. The summed E-state index contributed by atoms with van der Waals surface area (Å²) >= 11 is 3.49. The second-order valence-electron chi connectivity index (χ2n) is 5.30. The van der Waals surface area contributed by atoms with Gasteiger partial charge in [-0.25, -0.2) is 0 Å². The fourth-order valence-corrected chi connectivity index (χ4v) is 3.06. The zero-order valence-corrected chi connectivity index (χ0v) is 13.3. The normalized spacial score (nSPS) is 27.2. The van der Waals surface area contributed by atoms with Crippen LogP contribution < -0.4 is 9.64 Å². The third-order valence-corrected chi connectivity index (χ3v) is 4.04. The molecule has 1 aliphatic rings. The first-order valence-corrected chi connectivity index (χ1v) is 7.81. The number of ether oxygens (including phenoxy) is 2. The number of para-hydroxylation sites is 1. The smallest absolute Gasteiger partial charge is 0.133 e. The van der Waals surface area contributed by atoms with Crippen molar-refractivity contribution in [1.82, 2.24) is 0 Å². The van der Waals surface area contributed by atoms with Crippen LogP contribution in [0.2, 0.25) is 0 Å². The highest BCUT2D eigenvalue weighted by Gasteiger charge is 2.24. The van der Waals surface area contributed by atoms with E-state index in [9.17, 15) is 0 Å². The quantitative estimate of drug-likeness (QED) is 0.834. The minimum absolute atomic E-state index is 0.378. The Morgan fingerprint density at radius 1 is 1.26 bits per heavy atom. The van der Waals surface area contributed by atoms with E-state index < -0.39 is 0 Å². The summed E-state index contributed by atoms with van der Waals surface area (Å²) in [6.07, 6.45) is 1.83. The number of quaternary nitrogens is 1. The molecule has 2 atom stereocenters. The third kappa shape index (κ3) is 4.79. The molecule has 1 aromatic carbocycles. The van der Waals surface area contributed by atoms with E-state index >= 15 is 0 Å². The van der Waals surface area contributed by atoms with E-state index in [0.717, 1.165) is 42.9 Å². The molecule has 1 fully saturated rings. The lowest BCUT2D eigenvalue weighted by Crippen LogP contribution is -3.15. The molecule has 1 heterocycles. The van der Waals surface area contributed by atoms with E-state index in [1.54, 1.807) is 4.90 Å². The molecule has 0 radical (unpaired) electrons. The molecule has 2 rings (SSSR count). The summed E-state index contributed by atoms with van der Waals surface area (Å²) in [7, 11) is 0. The minimum atomic E-state index is 0.378. The minimum Gasteiger partial charge on any atom is -0.492 e. The summed E-state index contributed by atoms with van der Waals surface area (Å²) in [6, 6.07) is 8.00. The van der Waals surface area contributed by atoms with Crippen LogP contribution in [-0.2, 0) is 4.74 Å². The van der Waals surface area contributed by atoms with Crippen LogP contribution in [0.5, 0.6) is 5.75 Å². The fourth-order valence-electron chi connectivity index (χ4n) is 2.66. The number of halogens is 1. The molecular weight excluding hydrogens is 306 g/mol. The molecule has 106 valence electrons. The molecule has 1 aromatic rings. The maximum Gasteiger partial charge on any atom is 0.133 e. The number of hydrogen-bond acceptors (Lipinski definition) is 2. The Balaban J connectivity index is 1.68. The number of morpholine rings is 1. The van der Waals surface area contributed by atoms with Gasteiger partial charge in [-0.05, 0) is 41.9 Å². The van der Waals surface area contributed by atoms with E-state index in [1.807, 2.05) is 24.3 Å². The lowest BCUT2D eigenvalue weighted by atomic mass is 10.2. The van der Waals surface area contributed by atoms with Crippen LogP contribution in [-0.4, -0.2) is 38.4 Å². The summed E-state index contributed by atoms with van der Waals surface area (Å²) in [5, 5.41) is 0. The number of benzene rings is 1. The van der Waals surface area contributed by atoms with Crippen molar-refractivity contribution in [1.29, 1.82) is 0 Å². The molecule has 0 unspecified atom stereocenters. The molecule has 3 nitrogen and oxygen atoms in total. The van der Waals surface area contributed by atoms with Crippen LogP contribution in [0.15, 0.2) is 28.7 Å². The van der Waals surface area contributed by atoms with Crippen LogP contribution in [0.1, 0.15) is 20.3 Å². The van der Waals surface area contributed by atoms with Gasteiger partial charge in [-0.15, -0.1) is 0 Å². The van der Waals surface area contributed by atoms with Crippen LogP contribution in [0.3, 0.4) is 0 Å². The van der Waals surface area contributed by atoms with Crippen molar-refractivity contribution in [2.75, 3.05) is 26.2 Å². The van der Waals surface area contributed by atoms with Gasteiger partial charge in [0.2, 0.25) is 0 Å². The van der Waals surface area contributed by atoms with Gasteiger partial charge < -0.3 is 14.4 Å². The van der Waals surface area contributed by atoms with E-state index in [-0.39, 0.29) is 0 Å². The van der Waals surface area contributed by atoms with Crippen LogP contribution in [0.4, 0.5) is 0 Å². The van der Waals surface area contributed by atoms with Crippen molar-refractivity contribution >= 4 is 15.9 Å². The summed E-state index contributed by atoms with van der Waals surface area (Å²) in [5.74, 6) is 0.932. The van der Waals surface area contributed by atoms with Crippen molar-refractivity contribution in [3.05, 3.63) is 28.7 Å². The summed E-state index contributed by atoms with van der Waals surface area (Å²) in [4.78, 5) is 1.63. The second-order valence-corrected chi connectivity index (χ2v) is 6.15. The highest BCUT2D eigenvalue weighted by atomic mass is 79.9. The molecular formula is C15H23BrNO2+. The lowest BCUT2D eigenvalue weighted by Gasteiger charge is -2.32. The van der Waals surface area contributed by atoms with E-state index in [0.29, 0.717) is 12.2 Å². The Kier molecular flexibility index (Phi) is 5.67. The Bertz CT molecular complexity index is 389. The van der Waals surface area contributed by atoms with E-state index in [4.69, 9.17) is 9.47 Å². The maximum absolute atomic E-state index is 5.79. The van der Waals surface area contributed by atoms with Gasteiger partial charge in [0.1, 0.15) is 31.0 Å². The van der Waals surface area contributed by atoms with Gasteiger partial charge in [0.15, 0.2) is 0 Å². The van der Waals surface area contributed by atoms with Crippen molar-refractivity contribution in [3.63, 3.8) is 0 Å². The molecule has 19 heavy (non-hydrogen) atoms. The number of rotatable bonds is 5. The van der Waals surface area contributed by atoms with Gasteiger partial charge in [-0.1, -0.05) is 12.1 Å². The highest BCUT2D eigenvalue weighted by Crippen LogP contribution is 2.23. The molecule has 0 bridgehead atoms. The summed E-state index contributed by atoms with van der Waals surface area (Å²) in [6.45, 7) is 8.47. The predicted molar refractivity (Wildman–Crippen MR) is 79.8 cm³/mol. The van der Waals surface area contributed by atoms with Crippen LogP contribution in [0, 0.1) is 0 Å². The Labute approximate surface area is 124 Å². The largest absolute Gasteiger partial charge is 0.492 e. The summed E-state index contributed by atoms with van der Waals surface area (Å²) in [5.41, 5.74) is 0. The highest BCUT2D eigenvalue weighted by molar-refractivity contribution is 9.10. The molecule has 1 aliphatic heterocycles. The fraction of sp³-hybridized carbons (Fsp3) is 0.600. The zero-order chi connectivity index (χ0) is 13.7. The van der Waals surface area contributed by atoms with Gasteiger partial charge in [0.25, 0.3) is 0 Å². The molecule has 4 heteroatoms. The van der Waals surface area contributed by atoms with Crippen LogP contribution in [0.25, 0.3) is 0 Å². The average molecular weight is 329 g/mol. The average Bonchev–Trinajstić information content (AvgIpc) is 2.35. The molecule has 0 saturated carbocycles. The summed E-state index contributed by atoms with van der Waals surface area (Å²) < 4.78 is 12.6. The Morgan fingerprint density at radius 3 is 2.63 bits per heavy atom. The molecule has 0 spiro atoms. The number of nitrogens with one attached hydrogen (secondary N) is 1. The van der Waals surface area contributed by atoms with Gasteiger partial charge in [0.05, 0.1) is 17.6 Å². The van der Waals surface area contributed by atoms with Crippen molar-refractivity contribution < 1.29 is 14.4 Å². The molecule has 1 saturated heterocycles. The predicted octanol–water partition coefficient (Wildman–Crippen LogP) is 1.91. The SMILES string of the molecule is C[C@H]1C[NH+](CCCOc2ccccc2Br)C[C@H](C)O1. The van der Waals surface area contributed by atoms with Gasteiger partial charge in [-0.2, -0.15) is 0 Å². The van der Waals surface area contributed by atoms with E-state index in [1.165, 1.54) is 0 Å². The molecule has 0 aromatic heterocycles. The lowest BCUT2D eigenvalue weighted by molar-refractivity contribution is -0.915. The van der Waals surface area contributed by atoms with Gasteiger partial charge in [-0.3, -0.25) is 0 Å². The van der Waals surface area contributed by atoms with Crippen LogP contribution >= 0.6 is 15.9 Å². The molecule has 0 aliphatic carbocycles. The Morgan fingerprint density at radius 2 is 1.95 bits per heavy atom. The first kappa shape index (κ1) is 14.8. The molecule has 1 N–H and O–H groups in total.